The third kappa shape index (κ3) is 3.66. The SMILES string of the molecule is Cc1cc2oc3c(c(=O)c2cc1Cl)C(c1ccc(C(C)(C)C)cc1)N(CCCO)C3=O. The quantitative estimate of drug-likeness (QED) is 0.622. The van der Waals surface area contributed by atoms with Crippen molar-refractivity contribution in [3.05, 3.63) is 79.7 Å². The minimum atomic E-state index is -0.566. The molecule has 31 heavy (non-hydrogen) atoms. The van der Waals surface area contributed by atoms with Gasteiger partial charge in [0.2, 0.25) is 5.76 Å². The number of aryl methyl sites for hydroxylation is 1. The zero-order valence-corrected chi connectivity index (χ0v) is 18.9. The number of aliphatic hydroxyl groups is 1. The van der Waals surface area contributed by atoms with Crippen LogP contribution in [0.4, 0.5) is 0 Å². The van der Waals surface area contributed by atoms with Gasteiger partial charge in [-0.1, -0.05) is 56.6 Å². The summed E-state index contributed by atoms with van der Waals surface area (Å²) in [4.78, 5) is 28.4. The lowest BCUT2D eigenvalue weighted by atomic mass is 9.86. The van der Waals surface area contributed by atoms with Gasteiger partial charge in [0.15, 0.2) is 5.43 Å². The van der Waals surface area contributed by atoms with Crippen LogP contribution in [0.5, 0.6) is 0 Å². The summed E-state index contributed by atoms with van der Waals surface area (Å²) in [6.45, 7) is 8.50. The fourth-order valence-corrected chi connectivity index (χ4v) is 4.29. The van der Waals surface area contributed by atoms with Crippen molar-refractivity contribution in [2.75, 3.05) is 13.2 Å². The Hall–Kier alpha value is -2.63. The third-order valence-electron chi connectivity index (χ3n) is 5.90. The van der Waals surface area contributed by atoms with E-state index >= 15 is 0 Å². The highest BCUT2D eigenvalue weighted by Gasteiger charge is 2.42. The van der Waals surface area contributed by atoms with Crippen LogP contribution in [0.1, 0.15) is 66.0 Å². The standard InChI is InChI=1S/C25H26ClNO4/c1-14-12-19-17(13-18(14)26)22(29)20-21(15-6-8-16(9-7-15)25(2,3)4)27(10-5-11-28)24(30)23(20)31-19/h6-9,12-13,21,28H,5,10-11H2,1-4H3. The van der Waals surface area contributed by atoms with Crippen molar-refractivity contribution >= 4 is 28.5 Å². The van der Waals surface area contributed by atoms with Crippen LogP contribution in [0.15, 0.2) is 45.6 Å². The second kappa shape index (κ2) is 7.81. The first-order valence-corrected chi connectivity index (χ1v) is 10.8. The highest BCUT2D eigenvalue weighted by atomic mass is 35.5. The van der Waals surface area contributed by atoms with E-state index in [0.717, 1.165) is 16.7 Å². The molecular weight excluding hydrogens is 414 g/mol. The van der Waals surface area contributed by atoms with Crippen molar-refractivity contribution in [2.24, 2.45) is 0 Å². The molecule has 2 aromatic carbocycles. The normalized spacial score (nSPS) is 16.3. The van der Waals surface area contributed by atoms with E-state index in [0.29, 0.717) is 34.5 Å². The molecule has 1 unspecified atom stereocenters. The minimum absolute atomic E-state index is 0.0116. The van der Waals surface area contributed by atoms with E-state index in [2.05, 4.69) is 20.8 Å². The second-order valence-electron chi connectivity index (χ2n) is 9.12. The van der Waals surface area contributed by atoms with Crippen molar-refractivity contribution in [2.45, 2.75) is 45.6 Å². The van der Waals surface area contributed by atoms with Crippen LogP contribution in [-0.4, -0.2) is 29.1 Å². The van der Waals surface area contributed by atoms with Crippen LogP contribution in [0.2, 0.25) is 5.02 Å². The molecule has 0 spiro atoms. The minimum Gasteiger partial charge on any atom is -0.450 e. The molecule has 0 fully saturated rings. The van der Waals surface area contributed by atoms with Crippen LogP contribution in [0.25, 0.3) is 11.0 Å². The van der Waals surface area contributed by atoms with E-state index in [9.17, 15) is 14.7 Å². The molecule has 5 nitrogen and oxygen atoms in total. The topological polar surface area (TPSA) is 70.8 Å². The van der Waals surface area contributed by atoms with E-state index in [1.54, 1.807) is 17.0 Å². The van der Waals surface area contributed by atoms with E-state index in [-0.39, 0.29) is 29.1 Å². The zero-order valence-electron chi connectivity index (χ0n) is 18.2. The number of rotatable bonds is 4. The number of fused-ring (bicyclic) bond motifs is 2. The number of nitrogens with zero attached hydrogens (tertiary/aromatic N) is 1. The predicted octanol–water partition coefficient (Wildman–Crippen LogP) is 4.98. The number of carbonyl (C=O) groups is 1. The van der Waals surface area contributed by atoms with Crippen LogP contribution in [-0.2, 0) is 5.41 Å². The number of hydrogen-bond donors (Lipinski definition) is 1. The molecule has 0 radical (unpaired) electrons. The Kier molecular flexibility index (Phi) is 5.44. The van der Waals surface area contributed by atoms with Gasteiger partial charge in [0.1, 0.15) is 5.58 Å². The van der Waals surface area contributed by atoms with Gasteiger partial charge in [-0.25, -0.2) is 0 Å². The van der Waals surface area contributed by atoms with Crippen LogP contribution in [0.3, 0.4) is 0 Å². The molecule has 1 aromatic heterocycles. The molecule has 1 aliphatic heterocycles. The summed E-state index contributed by atoms with van der Waals surface area (Å²) in [5, 5.41) is 10.2. The van der Waals surface area contributed by atoms with Gasteiger partial charge in [0, 0.05) is 18.2 Å². The van der Waals surface area contributed by atoms with Gasteiger partial charge in [-0.3, -0.25) is 9.59 Å². The number of benzene rings is 2. The molecule has 1 N–H and O–H groups in total. The van der Waals surface area contributed by atoms with Crippen molar-refractivity contribution in [1.29, 1.82) is 0 Å². The lowest BCUT2D eigenvalue weighted by molar-refractivity contribution is 0.0716. The lowest BCUT2D eigenvalue weighted by Crippen LogP contribution is -2.31. The van der Waals surface area contributed by atoms with E-state index in [1.165, 1.54) is 0 Å². The van der Waals surface area contributed by atoms with Crippen LogP contribution >= 0.6 is 11.6 Å². The van der Waals surface area contributed by atoms with E-state index < -0.39 is 6.04 Å². The first-order chi connectivity index (χ1) is 14.6. The monoisotopic (exact) mass is 439 g/mol. The molecule has 4 rings (SSSR count). The van der Waals surface area contributed by atoms with Gasteiger partial charge in [-0.05, 0) is 47.6 Å². The molecule has 2 heterocycles. The molecule has 162 valence electrons. The predicted molar refractivity (Wildman–Crippen MR) is 122 cm³/mol. The summed E-state index contributed by atoms with van der Waals surface area (Å²) in [5.74, 6) is -0.262. The van der Waals surface area contributed by atoms with Crippen molar-refractivity contribution in [3.8, 4) is 0 Å². The van der Waals surface area contributed by atoms with Gasteiger partial charge in [-0.15, -0.1) is 0 Å². The maximum atomic E-state index is 13.5. The number of amides is 1. The molecule has 0 bridgehead atoms. The average molecular weight is 440 g/mol. The average Bonchev–Trinajstić information content (AvgIpc) is 2.99. The molecule has 6 heteroatoms. The van der Waals surface area contributed by atoms with Crippen LogP contribution in [0, 0.1) is 6.92 Å². The maximum absolute atomic E-state index is 13.5. The Bertz CT molecular complexity index is 1220. The Labute approximate surface area is 186 Å². The fraction of sp³-hybridized carbons (Fsp3) is 0.360. The summed E-state index contributed by atoms with van der Waals surface area (Å²) >= 11 is 6.26. The van der Waals surface area contributed by atoms with Crippen LogP contribution < -0.4 is 5.43 Å². The summed E-state index contributed by atoms with van der Waals surface area (Å²) < 4.78 is 5.96. The lowest BCUT2D eigenvalue weighted by Gasteiger charge is -2.26. The van der Waals surface area contributed by atoms with Crippen molar-refractivity contribution < 1.29 is 14.3 Å². The van der Waals surface area contributed by atoms with Crippen molar-refractivity contribution in [1.82, 2.24) is 4.90 Å². The number of carbonyl (C=O) groups excluding carboxylic acids is 1. The smallest absolute Gasteiger partial charge is 0.290 e. The second-order valence-corrected chi connectivity index (χ2v) is 9.53. The van der Waals surface area contributed by atoms with Gasteiger partial charge in [0.25, 0.3) is 5.91 Å². The van der Waals surface area contributed by atoms with Gasteiger partial charge >= 0.3 is 0 Å². The summed E-state index contributed by atoms with van der Waals surface area (Å²) in [6.07, 6.45) is 0.412. The number of aliphatic hydroxyl groups excluding tert-OH is 1. The van der Waals surface area contributed by atoms with Gasteiger partial charge in [-0.2, -0.15) is 0 Å². The highest BCUT2D eigenvalue weighted by Crippen LogP contribution is 2.39. The Morgan fingerprint density at radius 3 is 2.42 bits per heavy atom. The Balaban J connectivity index is 1.93. The largest absolute Gasteiger partial charge is 0.450 e. The van der Waals surface area contributed by atoms with Gasteiger partial charge in [0.05, 0.1) is 17.0 Å². The third-order valence-corrected chi connectivity index (χ3v) is 6.30. The first-order valence-electron chi connectivity index (χ1n) is 10.4. The Morgan fingerprint density at radius 2 is 1.81 bits per heavy atom. The fourth-order valence-electron chi connectivity index (χ4n) is 4.12. The molecule has 0 saturated heterocycles. The molecule has 1 atom stereocenters. The van der Waals surface area contributed by atoms with E-state index in [4.69, 9.17) is 16.0 Å². The summed E-state index contributed by atoms with van der Waals surface area (Å²) in [7, 11) is 0. The summed E-state index contributed by atoms with van der Waals surface area (Å²) in [5.41, 5.74) is 3.20. The molecule has 0 saturated carbocycles. The number of hydrogen-bond acceptors (Lipinski definition) is 4. The first kappa shape index (κ1) is 21.6. The van der Waals surface area contributed by atoms with E-state index in [1.807, 2.05) is 31.2 Å². The molecule has 3 aromatic rings. The maximum Gasteiger partial charge on any atom is 0.290 e. The molecule has 0 aliphatic carbocycles. The Morgan fingerprint density at radius 1 is 1.13 bits per heavy atom. The zero-order chi connectivity index (χ0) is 22.5. The highest BCUT2D eigenvalue weighted by molar-refractivity contribution is 6.32. The molecular formula is C25H26ClNO4. The molecule has 1 amide bonds. The van der Waals surface area contributed by atoms with Gasteiger partial charge < -0.3 is 14.4 Å². The molecule has 1 aliphatic rings. The summed E-state index contributed by atoms with van der Waals surface area (Å²) in [6, 6.07) is 10.7. The number of halogens is 1. The van der Waals surface area contributed by atoms with Crippen molar-refractivity contribution in [3.63, 3.8) is 0 Å².